The lowest BCUT2D eigenvalue weighted by atomic mass is 9.67. The van der Waals surface area contributed by atoms with Crippen molar-refractivity contribution in [3.8, 4) is 0 Å². The van der Waals surface area contributed by atoms with E-state index < -0.39 is 17.1 Å². The van der Waals surface area contributed by atoms with Gasteiger partial charge in [0.2, 0.25) is 0 Å². The fourth-order valence-corrected chi connectivity index (χ4v) is 1.83. The molecule has 0 aromatic carbocycles. The van der Waals surface area contributed by atoms with Gasteiger partial charge in [0.1, 0.15) is 0 Å². The van der Waals surface area contributed by atoms with Gasteiger partial charge >= 0.3 is 0 Å². The van der Waals surface area contributed by atoms with Gasteiger partial charge in [0, 0.05) is 12.0 Å². The molecule has 0 amide bonds. The largest absolute Gasteiger partial charge is 0.396 e. The predicted octanol–water partition coefficient (Wildman–Crippen LogP) is -0.111. The number of hydrogen-bond donors (Lipinski definition) is 4. The lowest BCUT2D eigenvalue weighted by Crippen LogP contribution is -2.53. The van der Waals surface area contributed by atoms with E-state index in [-0.39, 0.29) is 13.2 Å². The van der Waals surface area contributed by atoms with Crippen molar-refractivity contribution in [2.45, 2.75) is 45.3 Å². The molecular formula is C10H22O4. The lowest BCUT2D eigenvalue weighted by Gasteiger charge is -2.44. The fourth-order valence-electron chi connectivity index (χ4n) is 1.83. The van der Waals surface area contributed by atoms with Crippen LogP contribution >= 0.6 is 0 Å². The van der Waals surface area contributed by atoms with E-state index in [1.165, 1.54) is 0 Å². The van der Waals surface area contributed by atoms with E-state index in [4.69, 9.17) is 5.11 Å². The summed E-state index contributed by atoms with van der Waals surface area (Å²) in [5, 5.41) is 37.6. The maximum absolute atomic E-state index is 9.92. The van der Waals surface area contributed by atoms with Crippen molar-refractivity contribution in [1.82, 2.24) is 0 Å². The van der Waals surface area contributed by atoms with Crippen LogP contribution in [0.3, 0.4) is 0 Å². The zero-order chi connectivity index (χ0) is 11.4. The molecular weight excluding hydrogens is 184 g/mol. The van der Waals surface area contributed by atoms with Crippen LogP contribution in [0.4, 0.5) is 0 Å². The van der Waals surface area contributed by atoms with Crippen LogP contribution in [-0.2, 0) is 0 Å². The Morgan fingerprint density at radius 1 is 1.21 bits per heavy atom. The Balaban J connectivity index is 4.80. The minimum atomic E-state index is -1.18. The average Bonchev–Trinajstić information content (AvgIpc) is 2.03. The van der Waals surface area contributed by atoms with Gasteiger partial charge in [-0.3, -0.25) is 0 Å². The van der Waals surface area contributed by atoms with E-state index in [1.54, 1.807) is 20.8 Å². The van der Waals surface area contributed by atoms with Crippen molar-refractivity contribution >= 4 is 0 Å². The minimum absolute atomic E-state index is 0.00937. The third-order valence-electron chi connectivity index (χ3n) is 3.08. The van der Waals surface area contributed by atoms with E-state index in [9.17, 15) is 15.3 Å². The average molecular weight is 206 g/mol. The van der Waals surface area contributed by atoms with Gasteiger partial charge in [-0.1, -0.05) is 0 Å². The molecule has 4 heteroatoms. The van der Waals surface area contributed by atoms with Gasteiger partial charge in [-0.05, 0) is 33.6 Å². The molecule has 0 heterocycles. The highest BCUT2D eigenvalue weighted by molar-refractivity contribution is 4.96. The van der Waals surface area contributed by atoms with Crippen LogP contribution < -0.4 is 0 Å². The van der Waals surface area contributed by atoms with E-state index >= 15 is 0 Å². The van der Waals surface area contributed by atoms with Crippen LogP contribution in [-0.4, -0.2) is 45.3 Å². The van der Waals surface area contributed by atoms with Crippen LogP contribution in [0, 0.1) is 5.41 Å². The molecule has 4 nitrogen and oxygen atoms in total. The van der Waals surface area contributed by atoms with Gasteiger partial charge in [0.05, 0.1) is 18.3 Å². The zero-order valence-corrected chi connectivity index (χ0v) is 9.19. The number of hydrogen-bond acceptors (Lipinski definition) is 4. The molecule has 4 N–H and O–H groups in total. The maximum atomic E-state index is 9.92. The van der Waals surface area contributed by atoms with Crippen LogP contribution in [0.15, 0.2) is 0 Å². The van der Waals surface area contributed by atoms with E-state index in [0.717, 1.165) is 0 Å². The number of aliphatic hydroxyl groups is 4. The Kier molecular flexibility index (Phi) is 5.01. The second-order valence-corrected chi connectivity index (χ2v) is 4.38. The summed E-state index contributed by atoms with van der Waals surface area (Å²) in [7, 11) is 0. The summed E-state index contributed by atoms with van der Waals surface area (Å²) in [5.74, 6) is 0. The first kappa shape index (κ1) is 13.8. The van der Waals surface area contributed by atoms with Gasteiger partial charge in [0.15, 0.2) is 0 Å². The summed E-state index contributed by atoms with van der Waals surface area (Å²) in [6.45, 7) is 4.37. The fraction of sp³-hybridized carbons (Fsp3) is 1.00. The molecule has 2 unspecified atom stereocenters. The van der Waals surface area contributed by atoms with Gasteiger partial charge in [0.25, 0.3) is 0 Å². The van der Waals surface area contributed by atoms with E-state index in [2.05, 4.69) is 0 Å². The van der Waals surface area contributed by atoms with Crippen molar-refractivity contribution in [1.29, 1.82) is 0 Å². The topological polar surface area (TPSA) is 80.9 Å². The first-order chi connectivity index (χ1) is 6.31. The molecule has 0 aromatic heterocycles. The molecule has 14 heavy (non-hydrogen) atoms. The second-order valence-electron chi connectivity index (χ2n) is 4.38. The molecule has 0 fully saturated rings. The van der Waals surface area contributed by atoms with Gasteiger partial charge in [-0.15, -0.1) is 0 Å². The molecule has 2 atom stereocenters. The minimum Gasteiger partial charge on any atom is -0.396 e. The summed E-state index contributed by atoms with van der Waals surface area (Å²) in [6.07, 6.45) is 0.0235. The summed E-state index contributed by atoms with van der Waals surface area (Å²) in [4.78, 5) is 0. The summed E-state index contributed by atoms with van der Waals surface area (Å²) >= 11 is 0. The molecule has 0 saturated heterocycles. The monoisotopic (exact) mass is 206 g/mol. The Hall–Kier alpha value is -0.160. The number of rotatable bonds is 6. The van der Waals surface area contributed by atoms with Crippen LogP contribution in [0.1, 0.15) is 33.6 Å². The zero-order valence-electron chi connectivity index (χ0n) is 9.19. The highest BCUT2D eigenvalue weighted by Crippen LogP contribution is 2.39. The van der Waals surface area contributed by atoms with Gasteiger partial charge in [-0.2, -0.15) is 0 Å². The first-order valence-electron chi connectivity index (χ1n) is 4.94. The summed E-state index contributed by atoms with van der Waals surface area (Å²) < 4.78 is 0. The third-order valence-corrected chi connectivity index (χ3v) is 3.08. The van der Waals surface area contributed by atoms with Crippen LogP contribution in [0.2, 0.25) is 0 Å². The Morgan fingerprint density at radius 3 is 1.93 bits per heavy atom. The Morgan fingerprint density at radius 2 is 1.71 bits per heavy atom. The quantitative estimate of drug-likeness (QED) is 0.489. The van der Waals surface area contributed by atoms with Crippen LogP contribution in [0.25, 0.3) is 0 Å². The standard InChI is InChI=1S/C10H22O4/c1-8(13)10(7-12,5-4-6-11)9(2,3)14/h8,11-14H,4-7H2,1-3H3. The van der Waals surface area contributed by atoms with Crippen molar-refractivity contribution < 1.29 is 20.4 Å². The van der Waals surface area contributed by atoms with E-state index in [0.29, 0.717) is 12.8 Å². The van der Waals surface area contributed by atoms with Crippen molar-refractivity contribution in [2.24, 2.45) is 5.41 Å². The predicted molar refractivity (Wildman–Crippen MR) is 53.8 cm³/mol. The molecule has 0 aliphatic rings. The Labute approximate surface area is 85.2 Å². The van der Waals surface area contributed by atoms with Gasteiger partial charge < -0.3 is 20.4 Å². The molecule has 0 radical (unpaired) electrons. The molecule has 0 aromatic rings. The number of aliphatic hydroxyl groups excluding tert-OH is 3. The lowest BCUT2D eigenvalue weighted by molar-refractivity contribution is -0.147. The Bertz CT molecular complexity index is 162. The van der Waals surface area contributed by atoms with E-state index in [1.807, 2.05) is 0 Å². The maximum Gasteiger partial charge on any atom is 0.0694 e. The first-order valence-corrected chi connectivity index (χ1v) is 4.94. The second kappa shape index (κ2) is 5.07. The molecule has 0 aliphatic heterocycles. The smallest absolute Gasteiger partial charge is 0.0694 e. The normalized spacial score (nSPS) is 19.1. The molecule has 86 valence electrons. The molecule has 0 bridgehead atoms. The summed E-state index contributed by atoms with van der Waals surface area (Å²) in [6, 6.07) is 0. The van der Waals surface area contributed by atoms with Crippen molar-refractivity contribution in [3.63, 3.8) is 0 Å². The molecule has 0 aliphatic carbocycles. The highest BCUT2D eigenvalue weighted by Gasteiger charge is 2.46. The molecule has 0 spiro atoms. The molecule has 0 rings (SSSR count). The van der Waals surface area contributed by atoms with Crippen LogP contribution in [0.5, 0.6) is 0 Å². The van der Waals surface area contributed by atoms with Crippen molar-refractivity contribution in [3.05, 3.63) is 0 Å². The highest BCUT2D eigenvalue weighted by atomic mass is 16.3. The summed E-state index contributed by atoms with van der Waals surface area (Å²) in [5.41, 5.74) is -2.14. The SMILES string of the molecule is CC(O)C(CO)(CCCO)C(C)(C)O. The van der Waals surface area contributed by atoms with Gasteiger partial charge in [-0.25, -0.2) is 0 Å². The third kappa shape index (κ3) is 2.67. The van der Waals surface area contributed by atoms with Crippen molar-refractivity contribution in [2.75, 3.05) is 13.2 Å². The molecule has 0 saturated carbocycles.